The Morgan fingerprint density at radius 2 is 1.71 bits per heavy atom. The summed E-state index contributed by atoms with van der Waals surface area (Å²) >= 11 is 3.31. The number of halogens is 1. The lowest BCUT2D eigenvalue weighted by atomic mass is 10.1. The number of esters is 1. The maximum atomic E-state index is 12.2. The van der Waals surface area contributed by atoms with E-state index in [1.54, 1.807) is 31.2 Å². The lowest BCUT2D eigenvalue weighted by Crippen LogP contribution is -2.44. The molecule has 28 heavy (non-hydrogen) atoms. The van der Waals surface area contributed by atoms with Gasteiger partial charge in [0.05, 0.1) is 6.61 Å². The van der Waals surface area contributed by atoms with E-state index in [-0.39, 0.29) is 31.4 Å². The van der Waals surface area contributed by atoms with Crippen molar-refractivity contribution in [3.8, 4) is 0 Å². The summed E-state index contributed by atoms with van der Waals surface area (Å²) in [4.78, 5) is 36.5. The van der Waals surface area contributed by atoms with Gasteiger partial charge in [-0.2, -0.15) is 0 Å². The molecule has 0 saturated carbocycles. The molecule has 0 bridgehead atoms. The van der Waals surface area contributed by atoms with E-state index in [2.05, 4.69) is 26.6 Å². The number of hydrogen-bond donors (Lipinski definition) is 2. The number of hydrogen-bond acceptors (Lipinski definition) is 4. The Bertz CT molecular complexity index is 794. The molecule has 0 saturated heterocycles. The zero-order chi connectivity index (χ0) is 20.4. The first-order valence-electron chi connectivity index (χ1n) is 9.03. The molecule has 2 aromatic carbocycles. The number of rotatable bonds is 9. The Morgan fingerprint density at radius 3 is 2.36 bits per heavy atom. The lowest BCUT2D eigenvalue weighted by Gasteiger charge is -2.17. The maximum Gasteiger partial charge on any atom is 0.328 e. The number of nitrogens with one attached hydrogen (secondary N) is 2. The summed E-state index contributed by atoms with van der Waals surface area (Å²) in [6.07, 6.45) is 0.406. The third-order valence-electron chi connectivity index (χ3n) is 3.93. The molecule has 2 amide bonds. The molecule has 0 aliphatic heterocycles. The van der Waals surface area contributed by atoms with Crippen LogP contribution in [0.5, 0.6) is 0 Å². The van der Waals surface area contributed by atoms with Gasteiger partial charge in [0.25, 0.3) is 5.91 Å². The summed E-state index contributed by atoms with van der Waals surface area (Å²) < 4.78 is 5.94. The highest BCUT2D eigenvalue weighted by Crippen LogP contribution is 2.10. The highest BCUT2D eigenvalue weighted by atomic mass is 79.9. The van der Waals surface area contributed by atoms with Crippen molar-refractivity contribution in [2.75, 3.05) is 13.2 Å². The molecular weight excluding hydrogens is 424 g/mol. The molecule has 1 unspecified atom stereocenters. The van der Waals surface area contributed by atoms with Crippen LogP contribution in [-0.2, 0) is 20.7 Å². The number of carbonyl (C=O) groups excluding carboxylic acids is 3. The summed E-state index contributed by atoms with van der Waals surface area (Å²) in [5.74, 6) is -1.06. The van der Waals surface area contributed by atoms with Gasteiger partial charge in [-0.05, 0) is 36.8 Å². The van der Waals surface area contributed by atoms with Crippen molar-refractivity contribution in [3.05, 3.63) is 70.2 Å². The van der Waals surface area contributed by atoms with Gasteiger partial charge in [-0.3, -0.25) is 9.59 Å². The molecule has 0 aromatic heterocycles. The Labute approximate surface area is 172 Å². The molecule has 0 radical (unpaired) electrons. The predicted octanol–water partition coefficient (Wildman–Crippen LogP) is 2.86. The summed E-state index contributed by atoms with van der Waals surface area (Å²) in [6.45, 7) is 2.13. The van der Waals surface area contributed by atoms with Gasteiger partial charge in [-0.15, -0.1) is 0 Å². The van der Waals surface area contributed by atoms with Gasteiger partial charge in [-0.25, -0.2) is 4.79 Å². The second-order valence-corrected chi connectivity index (χ2v) is 6.99. The molecule has 0 aliphatic carbocycles. The molecule has 7 heteroatoms. The van der Waals surface area contributed by atoms with Crippen molar-refractivity contribution in [3.63, 3.8) is 0 Å². The number of amides is 2. The molecule has 6 nitrogen and oxygen atoms in total. The Kier molecular flexibility index (Phi) is 8.68. The van der Waals surface area contributed by atoms with Crippen LogP contribution in [0.4, 0.5) is 0 Å². The summed E-state index contributed by atoms with van der Waals surface area (Å²) in [7, 11) is 0. The van der Waals surface area contributed by atoms with Crippen molar-refractivity contribution >= 4 is 33.7 Å². The van der Waals surface area contributed by atoms with Crippen LogP contribution in [0.2, 0.25) is 0 Å². The minimum absolute atomic E-state index is 0.0625. The van der Waals surface area contributed by atoms with E-state index >= 15 is 0 Å². The summed E-state index contributed by atoms with van der Waals surface area (Å²) in [5.41, 5.74) is 1.43. The quantitative estimate of drug-likeness (QED) is 0.579. The van der Waals surface area contributed by atoms with E-state index < -0.39 is 12.0 Å². The van der Waals surface area contributed by atoms with E-state index in [4.69, 9.17) is 4.74 Å². The second kappa shape index (κ2) is 11.2. The van der Waals surface area contributed by atoms with Crippen LogP contribution in [0, 0.1) is 0 Å². The van der Waals surface area contributed by atoms with E-state index in [1.165, 1.54) is 0 Å². The van der Waals surface area contributed by atoms with E-state index in [0.29, 0.717) is 12.0 Å². The second-order valence-electron chi connectivity index (χ2n) is 6.07. The van der Waals surface area contributed by atoms with Crippen LogP contribution in [0.3, 0.4) is 0 Å². The highest BCUT2D eigenvalue weighted by molar-refractivity contribution is 9.10. The van der Waals surface area contributed by atoms with Crippen LogP contribution in [0.1, 0.15) is 29.3 Å². The standard InChI is InChI=1S/C21H23BrN2O4/c1-2-28-21(27)18(14-15-6-4-3-5-7-15)24-19(25)12-13-23-20(26)16-8-10-17(22)11-9-16/h3-11,18H,2,12-14H2,1H3,(H,23,26)(H,24,25). The zero-order valence-electron chi connectivity index (χ0n) is 15.6. The van der Waals surface area contributed by atoms with Crippen molar-refractivity contribution in [1.29, 1.82) is 0 Å². The molecule has 2 aromatic rings. The molecule has 0 heterocycles. The average Bonchev–Trinajstić information content (AvgIpc) is 2.69. The SMILES string of the molecule is CCOC(=O)C(Cc1ccccc1)NC(=O)CCNC(=O)c1ccc(Br)cc1. The van der Waals surface area contributed by atoms with Gasteiger partial charge in [0.2, 0.25) is 5.91 Å². The monoisotopic (exact) mass is 446 g/mol. The molecule has 1 atom stereocenters. The summed E-state index contributed by atoms with van der Waals surface area (Å²) in [6, 6.07) is 15.6. The van der Waals surface area contributed by atoms with Crippen LogP contribution in [-0.4, -0.2) is 37.0 Å². The Morgan fingerprint density at radius 1 is 1.04 bits per heavy atom. The third kappa shape index (κ3) is 7.15. The first kappa shape index (κ1) is 21.6. The average molecular weight is 447 g/mol. The minimum Gasteiger partial charge on any atom is -0.464 e. The first-order chi connectivity index (χ1) is 13.5. The third-order valence-corrected chi connectivity index (χ3v) is 4.46. The number of benzene rings is 2. The Balaban J connectivity index is 1.85. The van der Waals surface area contributed by atoms with Gasteiger partial charge in [0.1, 0.15) is 6.04 Å². The van der Waals surface area contributed by atoms with E-state index in [0.717, 1.165) is 10.0 Å². The molecular formula is C21H23BrN2O4. The van der Waals surface area contributed by atoms with Crippen LogP contribution in [0.15, 0.2) is 59.1 Å². The fourth-order valence-corrected chi connectivity index (χ4v) is 2.81. The van der Waals surface area contributed by atoms with Crippen molar-refractivity contribution in [2.45, 2.75) is 25.8 Å². The topological polar surface area (TPSA) is 84.5 Å². The molecule has 2 N–H and O–H groups in total. The fraction of sp³-hybridized carbons (Fsp3) is 0.286. The summed E-state index contributed by atoms with van der Waals surface area (Å²) in [5, 5.41) is 5.40. The van der Waals surface area contributed by atoms with Gasteiger partial charge in [0, 0.05) is 29.4 Å². The molecule has 0 fully saturated rings. The molecule has 0 aliphatic rings. The predicted molar refractivity (Wildman–Crippen MR) is 110 cm³/mol. The Hall–Kier alpha value is -2.67. The molecule has 2 rings (SSSR count). The van der Waals surface area contributed by atoms with Gasteiger partial charge in [0.15, 0.2) is 0 Å². The van der Waals surface area contributed by atoms with Gasteiger partial charge < -0.3 is 15.4 Å². The molecule has 0 spiro atoms. The van der Waals surface area contributed by atoms with Crippen molar-refractivity contribution in [2.24, 2.45) is 0 Å². The van der Waals surface area contributed by atoms with Crippen molar-refractivity contribution in [1.82, 2.24) is 10.6 Å². The maximum absolute atomic E-state index is 12.2. The van der Waals surface area contributed by atoms with Crippen LogP contribution in [0.25, 0.3) is 0 Å². The van der Waals surface area contributed by atoms with Gasteiger partial charge in [-0.1, -0.05) is 46.3 Å². The normalized spacial score (nSPS) is 11.4. The number of carbonyl (C=O) groups is 3. The van der Waals surface area contributed by atoms with Crippen LogP contribution >= 0.6 is 15.9 Å². The lowest BCUT2D eigenvalue weighted by molar-refractivity contribution is -0.147. The van der Waals surface area contributed by atoms with Crippen LogP contribution < -0.4 is 10.6 Å². The minimum atomic E-state index is -0.767. The zero-order valence-corrected chi connectivity index (χ0v) is 17.2. The van der Waals surface area contributed by atoms with E-state index in [1.807, 2.05) is 30.3 Å². The van der Waals surface area contributed by atoms with E-state index in [9.17, 15) is 14.4 Å². The fourth-order valence-electron chi connectivity index (χ4n) is 2.55. The van der Waals surface area contributed by atoms with Crippen molar-refractivity contribution < 1.29 is 19.1 Å². The smallest absolute Gasteiger partial charge is 0.328 e. The first-order valence-corrected chi connectivity index (χ1v) is 9.82. The van der Waals surface area contributed by atoms with Gasteiger partial charge >= 0.3 is 5.97 Å². The largest absolute Gasteiger partial charge is 0.464 e. The number of ether oxygens (including phenoxy) is 1. The highest BCUT2D eigenvalue weighted by Gasteiger charge is 2.22. The molecule has 148 valence electrons.